The lowest BCUT2D eigenvalue weighted by Gasteiger charge is -2.06. The maximum atomic E-state index is 12.0. The van der Waals surface area contributed by atoms with E-state index >= 15 is 0 Å². The Morgan fingerprint density at radius 3 is 2.71 bits per heavy atom. The molecule has 1 heterocycles. The predicted octanol–water partition coefficient (Wildman–Crippen LogP) is 1.66. The summed E-state index contributed by atoms with van der Waals surface area (Å²) in [6.07, 6.45) is 1.62. The summed E-state index contributed by atoms with van der Waals surface area (Å²) in [5.41, 5.74) is 3.25. The van der Waals surface area contributed by atoms with Crippen molar-refractivity contribution in [2.75, 3.05) is 6.61 Å². The van der Waals surface area contributed by atoms with Crippen molar-refractivity contribution < 1.29 is 9.90 Å². The quantitative estimate of drug-likeness (QED) is 0.841. The second-order valence-corrected chi connectivity index (χ2v) is 4.53. The molecule has 21 heavy (non-hydrogen) atoms. The first-order chi connectivity index (χ1) is 10.2. The summed E-state index contributed by atoms with van der Waals surface area (Å²) in [7, 11) is 0. The Morgan fingerprint density at radius 1 is 1.29 bits per heavy atom. The van der Waals surface area contributed by atoms with Crippen LogP contribution in [0.2, 0.25) is 0 Å². The maximum Gasteiger partial charge on any atom is 0.251 e. The first-order valence-corrected chi connectivity index (χ1v) is 6.58. The van der Waals surface area contributed by atoms with E-state index in [4.69, 9.17) is 5.11 Å². The van der Waals surface area contributed by atoms with Gasteiger partial charge in [0.1, 0.15) is 6.61 Å². The molecule has 106 valence electrons. The number of amides is 1. The van der Waals surface area contributed by atoms with E-state index in [-0.39, 0.29) is 12.5 Å². The Hall–Kier alpha value is -2.64. The maximum absolute atomic E-state index is 12.0. The van der Waals surface area contributed by atoms with Gasteiger partial charge in [-0.05, 0) is 36.8 Å². The third-order valence-corrected chi connectivity index (χ3v) is 2.88. The Balaban J connectivity index is 1.95. The Bertz CT molecular complexity index is 682. The molecule has 4 heteroatoms. The molecule has 0 bridgehead atoms. The average Bonchev–Trinajstić information content (AvgIpc) is 2.51. The number of pyridine rings is 1. The number of nitrogens with one attached hydrogen (secondary N) is 1. The van der Waals surface area contributed by atoms with Crippen molar-refractivity contribution in [1.82, 2.24) is 10.3 Å². The minimum Gasteiger partial charge on any atom is -0.384 e. The molecule has 1 aromatic carbocycles. The molecule has 0 fully saturated rings. The van der Waals surface area contributed by atoms with Gasteiger partial charge in [0.15, 0.2) is 0 Å². The van der Waals surface area contributed by atoms with Gasteiger partial charge in [-0.3, -0.25) is 9.78 Å². The van der Waals surface area contributed by atoms with Crippen LogP contribution in [-0.2, 0) is 6.54 Å². The lowest BCUT2D eigenvalue weighted by Crippen LogP contribution is -2.22. The second-order valence-electron chi connectivity index (χ2n) is 4.53. The number of aliphatic hydroxyl groups excluding tert-OH is 1. The van der Waals surface area contributed by atoms with Gasteiger partial charge >= 0.3 is 0 Å². The molecule has 1 amide bonds. The van der Waals surface area contributed by atoms with E-state index in [1.807, 2.05) is 31.2 Å². The summed E-state index contributed by atoms with van der Waals surface area (Å²) in [5, 5.41) is 11.5. The van der Waals surface area contributed by atoms with Crippen LogP contribution in [0.3, 0.4) is 0 Å². The third-order valence-electron chi connectivity index (χ3n) is 2.88. The van der Waals surface area contributed by atoms with Crippen molar-refractivity contribution in [3.8, 4) is 11.8 Å². The Kier molecular flexibility index (Phi) is 5.08. The van der Waals surface area contributed by atoms with E-state index in [9.17, 15) is 4.79 Å². The van der Waals surface area contributed by atoms with Crippen LogP contribution < -0.4 is 5.32 Å². The monoisotopic (exact) mass is 280 g/mol. The highest BCUT2D eigenvalue weighted by Gasteiger charge is 2.05. The van der Waals surface area contributed by atoms with E-state index in [2.05, 4.69) is 22.1 Å². The standard InChI is InChI=1S/C17H16N2O2/c1-13-11-16(8-9-18-13)17(21)19-12-15-6-4-14(5-7-15)3-2-10-20/h4-9,11,20H,10,12H2,1H3,(H,19,21). The van der Waals surface area contributed by atoms with Crippen molar-refractivity contribution in [3.05, 3.63) is 65.0 Å². The van der Waals surface area contributed by atoms with E-state index in [1.54, 1.807) is 18.3 Å². The van der Waals surface area contributed by atoms with Crippen LogP contribution in [-0.4, -0.2) is 22.6 Å². The number of aryl methyl sites for hydroxylation is 1. The lowest BCUT2D eigenvalue weighted by atomic mass is 10.1. The van der Waals surface area contributed by atoms with Crippen LogP contribution in [0, 0.1) is 18.8 Å². The predicted molar refractivity (Wildman–Crippen MR) is 80.6 cm³/mol. The van der Waals surface area contributed by atoms with Crippen LogP contribution in [0.5, 0.6) is 0 Å². The van der Waals surface area contributed by atoms with Crippen LogP contribution in [0.1, 0.15) is 27.2 Å². The second kappa shape index (κ2) is 7.22. The first kappa shape index (κ1) is 14.8. The number of aromatic nitrogens is 1. The fourth-order valence-electron chi connectivity index (χ4n) is 1.82. The molecule has 0 aliphatic rings. The molecular weight excluding hydrogens is 264 g/mol. The fourth-order valence-corrected chi connectivity index (χ4v) is 1.82. The zero-order valence-electron chi connectivity index (χ0n) is 11.8. The smallest absolute Gasteiger partial charge is 0.251 e. The van der Waals surface area contributed by atoms with Crippen LogP contribution in [0.15, 0.2) is 42.6 Å². The molecule has 0 saturated carbocycles. The number of nitrogens with zero attached hydrogens (tertiary/aromatic N) is 1. The molecular formula is C17H16N2O2. The summed E-state index contributed by atoms with van der Waals surface area (Å²) in [6.45, 7) is 2.15. The molecule has 0 aliphatic heterocycles. The molecule has 0 radical (unpaired) electrons. The number of carbonyl (C=O) groups is 1. The van der Waals surface area contributed by atoms with Gasteiger partial charge in [0.2, 0.25) is 0 Å². The highest BCUT2D eigenvalue weighted by Crippen LogP contribution is 2.05. The number of benzene rings is 1. The molecule has 2 aromatic rings. The van der Waals surface area contributed by atoms with Gasteiger partial charge in [0.05, 0.1) is 0 Å². The van der Waals surface area contributed by atoms with Crippen molar-refractivity contribution >= 4 is 5.91 Å². The van der Waals surface area contributed by atoms with Crippen LogP contribution in [0.25, 0.3) is 0 Å². The zero-order chi connectivity index (χ0) is 15.1. The summed E-state index contributed by atoms with van der Waals surface area (Å²) in [6, 6.07) is 11.0. The minimum absolute atomic E-state index is 0.121. The highest BCUT2D eigenvalue weighted by atomic mass is 16.2. The molecule has 0 aliphatic carbocycles. The molecule has 4 nitrogen and oxygen atoms in total. The van der Waals surface area contributed by atoms with Gasteiger partial charge in [0.25, 0.3) is 5.91 Å². The number of hydrogen-bond donors (Lipinski definition) is 2. The summed E-state index contributed by atoms with van der Waals surface area (Å²) in [5.74, 6) is 5.29. The third kappa shape index (κ3) is 4.44. The molecule has 0 unspecified atom stereocenters. The van der Waals surface area contributed by atoms with Gasteiger partial charge in [-0.25, -0.2) is 0 Å². The number of hydrogen-bond acceptors (Lipinski definition) is 3. The molecule has 0 saturated heterocycles. The van der Waals surface area contributed by atoms with E-state index < -0.39 is 0 Å². The zero-order valence-corrected chi connectivity index (χ0v) is 11.8. The Labute approximate surface area is 123 Å². The average molecular weight is 280 g/mol. The van der Waals surface area contributed by atoms with Gasteiger partial charge in [-0.2, -0.15) is 0 Å². The van der Waals surface area contributed by atoms with Crippen molar-refractivity contribution in [2.45, 2.75) is 13.5 Å². The van der Waals surface area contributed by atoms with Gasteiger partial charge in [-0.1, -0.05) is 24.0 Å². The van der Waals surface area contributed by atoms with Crippen molar-refractivity contribution in [1.29, 1.82) is 0 Å². The topological polar surface area (TPSA) is 62.2 Å². The molecule has 0 atom stereocenters. The van der Waals surface area contributed by atoms with Gasteiger partial charge in [0, 0.05) is 29.6 Å². The normalized spacial score (nSPS) is 9.62. The highest BCUT2D eigenvalue weighted by molar-refractivity contribution is 5.94. The molecule has 2 N–H and O–H groups in total. The number of carbonyl (C=O) groups excluding carboxylic acids is 1. The minimum atomic E-state index is -0.150. The van der Waals surface area contributed by atoms with Crippen LogP contribution in [0.4, 0.5) is 0 Å². The fraction of sp³-hybridized carbons (Fsp3) is 0.176. The van der Waals surface area contributed by atoms with Gasteiger partial charge < -0.3 is 10.4 Å². The van der Waals surface area contributed by atoms with Crippen LogP contribution >= 0.6 is 0 Å². The summed E-state index contributed by atoms with van der Waals surface area (Å²) >= 11 is 0. The number of aliphatic hydroxyl groups is 1. The van der Waals surface area contributed by atoms with E-state index in [0.29, 0.717) is 12.1 Å². The summed E-state index contributed by atoms with van der Waals surface area (Å²) in [4.78, 5) is 16.1. The van der Waals surface area contributed by atoms with E-state index in [0.717, 1.165) is 16.8 Å². The Morgan fingerprint density at radius 2 is 2.05 bits per heavy atom. The molecule has 1 aromatic heterocycles. The van der Waals surface area contributed by atoms with Crippen molar-refractivity contribution in [2.24, 2.45) is 0 Å². The first-order valence-electron chi connectivity index (χ1n) is 6.58. The lowest BCUT2D eigenvalue weighted by molar-refractivity contribution is 0.0950. The summed E-state index contributed by atoms with van der Waals surface area (Å²) < 4.78 is 0. The number of rotatable bonds is 3. The largest absolute Gasteiger partial charge is 0.384 e. The SMILES string of the molecule is Cc1cc(C(=O)NCc2ccc(C#CCO)cc2)ccn1. The van der Waals surface area contributed by atoms with E-state index in [1.165, 1.54) is 0 Å². The van der Waals surface area contributed by atoms with Crippen molar-refractivity contribution in [3.63, 3.8) is 0 Å². The van der Waals surface area contributed by atoms with Gasteiger partial charge in [-0.15, -0.1) is 0 Å². The molecule has 2 rings (SSSR count). The molecule has 0 spiro atoms.